The fourth-order valence-electron chi connectivity index (χ4n) is 2.70. The van der Waals surface area contributed by atoms with Gasteiger partial charge in [-0.1, -0.05) is 12.1 Å². The second-order valence-corrected chi connectivity index (χ2v) is 5.28. The molecule has 1 atom stereocenters. The van der Waals surface area contributed by atoms with Crippen molar-refractivity contribution in [1.82, 2.24) is 9.97 Å². The van der Waals surface area contributed by atoms with Gasteiger partial charge in [-0.2, -0.15) is 0 Å². The molecule has 1 aromatic carbocycles. The molecule has 0 fully saturated rings. The molecule has 0 bridgehead atoms. The molecule has 0 radical (unpaired) electrons. The molecule has 3 rings (SSSR count). The van der Waals surface area contributed by atoms with Crippen LogP contribution in [0.5, 0.6) is 11.6 Å². The maximum Gasteiger partial charge on any atom is 0.340 e. The van der Waals surface area contributed by atoms with Gasteiger partial charge in [0.1, 0.15) is 11.3 Å². The quantitative estimate of drug-likeness (QED) is 0.573. The zero-order valence-electron chi connectivity index (χ0n) is 13.2. The van der Waals surface area contributed by atoms with Crippen molar-refractivity contribution in [2.45, 2.75) is 12.8 Å². The number of fused-ring (bicyclic) bond motifs is 1. The third-order valence-corrected chi connectivity index (χ3v) is 3.72. The largest absolute Gasteiger partial charge is 0.508 e. The number of ether oxygens (including phenoxy) is 2. The molecule has 130 valence electrons. The molecule has 0 aliphatic carbocycles. The van der Waals surface area contributed by atoms with Gasteiger partial charge in [0.05, 0.1) is 18.1 Å². The van der Waals surface area contributed by atoms with Crippen molar-refractivity contribution in [2.75, 3.05) is 6.61 Å². The van der Waals surface area contributed by atoms with Crippen LogP contribution >= 0.6 is 0 Å². The molecule has 1 unspecified atom stereocenters. The van der Waals surface area contributed by atoms with Crippen molar-refractivity contribution in [1.29, 1.82) is 0 Å². The van der Waals surface area contributed by atoms with Crippen LogP contribution in [0.25, 0.3) is 0 Å². The number of rotatable bonds is 3. The monoisotopic (exact) mass is 345 g/mol. The Morgan fingerprint density at radius 3 is 2.60 bits per heavy atom. The summed E-state index contributed by atoms with van der Waals surface area (Å²) in [5, 5.41) is 9.48. The lowest BCUT2D eigenvalue weighted by Crippen LogP contribution is -2.35. The highest BCUT2D eigenvalue weighted by molar-refractivity contribution is 5.92. The van der Waals surface area contributed by atoms with E-state index in [4.69, 9.17) is 15.2 Å². The Morgan fingerprint density at radius 1 is 1.28 bits per heavy atom. The summed E-state index contributed by atoms with van der Waals surface area (Å²) in [7, 11) is 0. The number of hydrogen-bond donors (Lipinski definition) is 4. The van der Waals surface area contributed by atoms with Gasteiger partial charge in [-0.25, -0.2) is 9.59 Å². The Kier molecular flexibility index (Phi) is 4.05. The summed E-state index contributed by atoms with van der Waals surface area (Å²) < 4.78 is 10.3. The lowest BCUT2D eigenvalue weighted by atomic mass is 9.84. The van der Waals surface area contributed by atoms with Crippen LogP contribution in [0.2, 0.25) is 0 Å². The lowest BCUT2D eigenvalue weighted by Gasteiger charge is -2.26. The van der Waals surface area contributed by atoms with Gasteiger partial charge in [0.15, 0.2) is 0 Å². The van der Waals surface area contributed by atoms with E-state index in [0.29, 0.717) is 5.56 Å². The summed E-state index contributed by atoms with van der Waals surface area (Å²) in [6.07, 6.45) is 0. The van der Waals surface area contributed by atoms with Crippen LogP contribution in [-0.2, 0) is 9.53 Å². The Hall–Kier alpha value is -3.49. The standard InChI is InChI=1S/C16H15N3O6/c1-2-24-15(22)10-9(7-3-5-8(20)6-4-7)11-13(21)18-16(23)19-14(11)25-12(10)17/h3-6,9,20H,2,17H2,1H3,(H2,18,19,21,23). The number of carbonyl (C=O) groups is 1. The smallest absolute Gasteiger partial charge is 0.340 e. The number of benzene rings is 1. The predicted octanol–water partition coefficient (Wildman–Crippen LogP) is 0.0265. The van der Waals surface area contributed by atoms with E-state index in [0.717, 1.165) is 0 Å². The summed E-state index contributed by atoms with van der Waals surface area (Å²) in [4.78, 5) is 40.7. The minimum atomic E-state index is -0.927. The molecule has 9 heteroatoms. The van der Waals surface area contributed by atoms with Crippen LogP contribution in [0.1, 0.15) is 24.0 Å². The highest BCUT2D eigenvalue weighted by Gasteiger charge is 2.38. The molecule has 25 heavy (non-hydrogen) atoms. The van der Waals surface area contributed by atoms with E-state index in [1.807, 2.05) is 0 Å². The van der Waals surface area contributed by atoms with Crippen molar-refractivity contribution < 1.29 is 19.4 Å². The Balaban J connectivity index is 2.27. The van der Waals surface area contributed by atoms with E-state index < -0.39 is 23.1 Å². The Bertz CT molecular complexity index is 971. The minimum absolute atomic E-state index is 0.0149. The second-order valence-electron chi connectivity index (χ2n) is 5.28. The Morgan fingerprint density at radius 2 is 1.96 bits per heavy atom. The number of hydrogen-bond acceptors (Lipinski definition) is 7. The molecular formula is C16H15N3O6. The SMILES string of the molecule is CCOC(=O)C1=C(N)Oc2[nH]c(=O)[nH]c(=O)c2C1c1ccc(O)cc1. The predicted molar refractivity (Wildman–Crippen MR) is 86.1 cm³/mol. The van der Waals surface area contributed by atoms with E-state index in [1.165, 1.54) is 24.3 Å². The Labute approximate surface area is 140 Å². The summed E-state index contributed by atoms with van der Waals surface area (Å²) >= 11 is 0. The van der Waals surface area contributed by atoms with Crippen LogP contribution in [-0.4, -0.2) is 27.7 Å². The summed E-state index contributed by atoms with van der Waals surface area (Å²) in [5.74, 6) is -2.07. The highest BCUT2D eigenvalue weighted by atomic mass is 16.5. The van der Waals surface area contributed by atoms with Gasteiger partial charge in [0, 0.05) is 0 Å². The van der Waals surface area contributed by atoms with Gasteiger partial charge in [-0.05, 0) is 24.6 Å². The minimum Gasteiger partial charge on any atom is -0.508 e. The van der Waals surface area contributed by atoms with Crippen LogP contribution in [0.3, 0.4) is 0 Å². The van der Waals surface area contributed by atoms with Crippen LogP contribution in [0.4, 0.5) is 0 Å². The van der Waals surface area contributed by atoms with Crippen molar-refractivity contribution in [2.24, 2.45) is 5.73 Å². The molecule has 9 nitrogen and oxygen atoms in total. The van der Waals surface area contributed by atoms with E-state index in [1.54, 1.807) is 6.92 Å². The molecular weight excluding hydrogens is 330 g/mol. The summed E-state index contributed by atoms with van der Waals surface area (Å²) in [5.41, 5.74) is 4.83. The summed E-state index contributed by atoms with van der Waals surface area (Å²) in [6.45, 7) is 1.74. The average Bonchev–Trinajstić information content (AvgIpc) is 2.54. The first-order valence-electron chi connectivity index (χ1n) is 7.42. The molecule has 5 N–H and O–H groups in total. The molecule has 0 amide bonds. The summed E-state index contributed by atoms with van der Waals surface area (Å²) in [6, 6.07) is 5.88. The maximum atomic E-state index is 12.4. The number of carbonyl (C=O) groups excluding carboxylic acids is 1. The first kappa shape index (κ1) is 16.4. The third-order valence-electron chi connectivity index (χ3n) is 3.72. The van der Waals surface area contributed by atoms with Crippen LogP contribution in [0.15, 0.2) is 45.3 Å². The van der Waals surface area contributed by atoms with E-state index in [2.05, 4.69) is 9.97 Å². The number of aromatic hydroxyl groups is 1. The number of aromatic amines is 2. The van der Waals surface area contributed by atoms with Gasteiger partial charge in [-0.15, -0.1) is 0 Å². The maximum absolute atomic E-state index is 12.4. The van der Waals surface area contributed by atoms with Crippen molar-refractivity contribution >= 4 is 5.97 Å². The van der Waals surface area contributed by atoms with E-state index in [-0.39, 0.29) is 35.3 Å². The first-order chi connectivity index (χ1) is 11.9. The molecule has 1 aliphatic rings. The number of esters is 1. The van der Waals surface area contributed by atoms with Crippen molar-refractivity contribution in [3.05, 3.63) is 67.7 Å². The van der Waals surface area contributed by atoms with Gasteiger partial charge >= 0.3 is 11.7 Å². The van der Waals surface area contributed by atoms with E-state index in [9.17, 15) is 19.5 Å². The third kappa shape index (κ3) is 2.87. The molecule has 1 aliphatic heterocycles. The molecule has 0 saturated carbocycles. The molecule has 1 aromatic heterocycles. The normalized spacial score (nSPS) is 16.1. The number of nitrogens with one attached hydrogen (secondary N) is 2. The number of H-pyrrole nitrogens is 2. The van der Waals surface area contributed by atoms with Crippen molar-refractivity contribution in [3.8, 4) is 11.6 Å². The molecule has 0 spiro atoms. The fourth-order valence-corrected chi connectivity index (χ4v) is 2.70. The highest BCUT2D eigenvalue weighted by Crippen LogP contribution is 2.39. The van der Waals surface area contributed by atoms with Gasteiger partial charge < -0.3 is 20.3 Å². The zero-order chi connectivity index (χ0) is 18.1. The average molecular weight is 345 g/mol. The first-order valence-corrected chi connectivity index (χ1v) is 7.42. The number of phenols is 1. The van der Waals surface area contributed by atoms with Crippen LogP contribution in [0, 0.1) is 0 Å². The van der Waals surface area contributed by atoms with Crippen LogP contribution < -0.4 is 21.7 Å². The number of nitrogens with two attached hydrogens (primary N) is 1. The second kappa shape index (κ2) is 6.19. The van der Waals surface area contributed by atoms with E-state index >= 15 is 0 Å². The van der Waals surface area contributed by atoms with Gasteiger partial charge in [0.25, 0.3) is 5.56 Å². The fraction of sp³-hybridized carbons (Fsp3) is 0.188. The number of phenolic OH excluding ortho intramolecular Hbond substituents is 1. The topological polar surface area (TPSA) is 147 Å². The van der Waals surface area contributed by atoms with Gasteiger partial charge in [-0.3, -0.25) is 14.8 Å². The molecule has 0 saturated heterocycles. The van der Waals surface area contributed by atoms with Crippen molar-refractivity contribution in [3.63, 3.8) is 0 Å². The zero-order valence-corrected chi connectivity index (χ0v) is 13.2. The number of aromatic nitrogens is 2. The lowest BCUT2D eigenvalue weighted by molar-refractivity contribution is -0.139. The molecule has 2 heterocycles. The van der Waals surface area contributed by atoms with Gasteiger partial charge in [0.2, 0.25) is 11.8 Å². The molecule has 2 aromatic rings.